The van der Waals surface area contributed by atoms with Crippen molar-refractivity contribution in [1.29, 1.82) is 0 Å². The lowest BCUT2D eigenvalue weighted by Gasteiger charge is -2.29. The standard InChI is InChI=1S/C19H19N3O2/c23-18(17-3-1-2-9-20-17)21-16-7-6-13-8-10-22(12-15(13)11-16)19(24)14-4-5-14/h1-3,6-7,9,11,14H,4-5,8,10,12H2,(H,21,23). The summed E-state index contributed by atoms with van der Waals surface area (Å²) in [5.74, 6) is 0.305. The summed E-state index contributed by atoms with van der Waals surface area (Å²) in [4.78, 5) is 30.5. The van der Waals surface area contributed by atoms with Crippen LogP contribution < -0.4 is 5.32 Å². The average molecular weight is 321 g/mol. The zero-order valence-corrected chi connectivity index (χ0v) is 13.4. The highest BCUT2D eigenvalue weighted by Gasteiger charge is 2.34. The molecule has 0 spiro atoms. The van der Waals surface area contributed by atoms with Gasteiger partial charge in [-0.15, -0.1) is 0 Å². The Bertz CT molecular complexity index is 784. The van der Waals surface area contributed by atoms with Crippen LogP contribution >= 0.6 is 0 Å². The van der Waals surface area contributed by atoms with Crippen LogP contribution in [-0.4, -0.2) is 28.2 Å². The van der Waals surface area contributed by atoms with Crippen LogP contribution in [0, 0.1) is 5.92 Å². The predicted molar refractivity (Wildman–Crippen MR) is 90.5 cm³/mol. The molecule has 1 aromatic heterocycles. The lowest BCUT2D eigenvalue weighted by atomic mass is 9.98. The third-order valence-corrected chi connectivity index (χ3v) is 4.61. The molecule has 0 saturated heterocycles. The molecule has 1 N–H and O–H groups in total. The summed E-state index contributed by atoms with van der Waals surface area (Å²) in [6.45, 7) is 1.43. The number of fused-ring (bicyclic) bond motifs is 1. The van der Waals surface area contributed by atoms with Crippen molar-refractivity contribution in [1.82, 2.24) is 9.88 Å². The predicted octanol–water partition coefficient (Wildman–Crippen LogP) is 2.63. The number of benzene rings is 1. The first-order valence-corrected chi connectivity index (χ1v) is 8.34. The van der Waals surface area contributed by atoms with Crippen LogP contribution in [-0.2, 0) is 17.8 Å². The molecular weight excluding hydrogens is 302 g/mol. The van der Waals surface area contributed by atoms with Crippen LogP contribution in [0.1, 0.15) is 34.5 Å². The lowest BCUT2D eigenvalue weighted by molar-refractivity contribution is -0.133. The molecule has 2 heterocycles. The molecule has 1 fully saturated rings. The number of hydrogen-bond acceptors (Lipinski definition) is 3. The van der Waals surface area contributed by atoms with Crippen molar-refractivity contribution in [2.24, 2.45) is 5.92 Å². The molecule has 1 aromatic carbocycles. The molecule has 1 aliphatic carbocycles. The van der Waals surface area contributed by atoms with Crippen LogP contribution in [0.5, 0.6) is 0 Å². The minimum atomic E-state index is -0.225. The van der Waals surface area contributed by atoms with E-state index in [1.807, 2.05) is 23.1 Å². The Hall–Kier alpha value is -2.69. The molecule has 0 radical (unpaired) electrons. The molecule has 24 heavy (non-hydrogen) atoms. The van der Waals surface area contributed by atoms with Gasteiger partial charge in [0.05, 0.1) is 0 Å². The second-order valence-electron chi connectivity index (χ2n) is 6.44. The summed E-state index contributed by atoms with van der Waals surface area (Å²) in [5.41, 5.74) is 3.51. The molecule has 2 aromatic rings. The Morgan fingerprint density at radius 2 is 2.00 bits per heavy atom. The van der Waals surface area contributed by atoms with E-state index in [4.69, 9.17) is 0 Å². The number of anilines is 1. The van der Waals surface area contributed by atoms with Crippen LogP contribution in [0.4, 0.5) is 5.69 Å². The third kappa shape index (κ3) is 3.02. The molecule has 2 aliphatic rings. The maximum absolute atomic E-state index is 12.3. The van der Waals surface area contributed by atoms with E-state index >= 15 is 0 Å². The van der Waals surface area contributed by atoms with Gasteiger partial charge in [0.1, 0.15) is 5.69 Å². The summed E-state index contributed by atoms with van der Waals surface area (Å²) >= 11 is 0. The van der Waals surface area contributed by atoms with Crippen molar-refractivity contribution in [2.45, 2.75) is 25.8 Å². The zero-order valence-electron chi connectivity index (χ0n) is 13.4. The molecule has 0 atom stereocenters. The Morgan fingerprint density at radius 3 is 2.75 bits per heavy atom. The molecule has 122 valence electrons. The minimum Gasteiger partial charge on any atom is -0.338 e. The van der Waals surface area contributed by atoms with Gasteiger partial charge in [-0.2, -0.15) is 0 Å². The molecular formula is C19H19N3O2. The van der Waals surface area contributed by atoms with E-state index in [1.54, 1.807) is 24.4 Å². The van der Waals surface area contributed by atoms with Crippen LogP contribution in [0.15, 0.2) is 42.6 Å². The van der Waals surface area contributed by atoms with Crippen LogP contribution in [0.25, 0.3) is 0 Å². The first-order chi connectivity index (χ1) is 11.7. The second-order valence-corrected chi connectivity index (χ2v) is 6.44. The highest BCUT2D eigenvalue weighted by atomic mass is 16.2. The third-order valence-electron chi connectivity index (χ3n) is 4.61. The highest BCUT2D eigenvalue weighted by Crippen LogP contribution is 2.33. The van der Waals surface area contributed by atoms with Crippen molar-refractivity contribution >= 4 is 17.5 Å². The van der Waals surface area contributed by atoms with Gasteiger partial charge in [-0.1, -0.05) is 12.1 Å². The van der Waals surface area contributed by atoms with E-state index in [1.165, 1.54) is 5.56 Å². The van der Waals surface area contributed by atoms with Gasteiger partial charge >= 0.3 is 0 Å². The SMILES string of the molecule is O=C(Nc1ccc2c(c1)CN(C(=O)C1CC1)CC2)c1ccccn1. The van der Waals surface area contributed by atoms with Crippen molar-refractivity contribution in [3.63, 3.8) is 0 Å². The van der Waals surface area contributed by atoms with Gasteiger partial charge in [0.25, 0.3) is 5.91 Å². The van der Waals surface area contributed by atoms with Crippen LogP contribution in [0.3, 0.4) is 0 Å². The molecule has 1 saturated carbocycles. The van der Waals surface area contributed by atoms with Gasteiger partial charge in [0, 0.05) is 30.9 Å². The first-order valence-electron chi connectivity index (χ1n) is 8.34. The monoisotopic (exact) mass is 321 g/mol. The van der Waals surface area contributed by atoms with E-state index in [0.29, 0.717) is 12.2 Å². The number of carbonyl (C=O) groups is 2. The Balaban J connectivity index is 1.49. The average Bonchev–Trinajstić information content (AvgIpc) is 3.46. The topological polar surface area (TPSA) is 62.3 Å². The van der Waals surface area contributed by atoms with Crippen LogP contribution in [0.2, 0.25) is 0 Å². The number of nitrogens with zero attached hydrogens (tertiary/aromatic N) is 2. The van der Waals surface area contributed by atoms with Crippen molar-refractivity contribution in [3.05, 3.63) is 59.4 Å². The molecule has 0 bridgehead atoms. The molecule has 2 amide bonds. The smallest absolute Gasteiger partial charge is 0.274 e. The fourth-order valence-electron chi connectivity index (χ4n) is 3.10. The largest absolute Gasteiger partial charge is 0.338 e. The number of carbonyl (C=O) groups excluding carboxylic acids is 2. The maximum Gasteiger partial charge on any atom is 0.274 e. The van der Waals surface area contributed by atoms with Gasteiger partial charge in [0.15, 0.2) is 0 Å². The minimum absolute atomic E-state index is 0.225. The second kappa shape index (κ2) is 6.07. The highest BCUT2D eigenvalue weighted by molar-refractivity contribution is 6.02. The molecule has 1 aliphatic heterocycles. The number of aromatic nitrogens is 1. The van der Waals surface area contributed by atoms with Gasteiger partial charge in [0.2, 0.25) is 5.91 Å². The Kier molecular flexibility index (Phi) is 3.76. The fourth-order valence-corrected chi connectivity index (χ4v) is 3.10. The number of hydrogen-bond donors (Lipinski definition) is 1. The van der Waals surface area contributed by atoms with Crippen molar-refractivity contribution in [3.8, 4) is 0 Å². The number of pyridine rings is 1. The number of amides is 2. The maximum atomic E-state index is 12.3. The number of rotatable bonds is 3. The van der Waals surface area contributed by atoms with Gasteiger partial charge in [-0.05, 0) is 54.7 Å². The molecule has 0 unspecified atom stereocenters. The summed E-state index contributed by atoms with van der Waals surface area (Å²) in [7, 11) is 0. The molecule has 5 heteroatoms. The number of nitrogens with one attached hydrogen (secondary N) is 1. The van der Waals surface area contributed by atoms with Gasteiger partial charge in [-0.3, -0.25) is 14.6 Å². The zero-order chi connectivity index (χ0) is 16.5. The first kappa shape index (κ1) is 14.9. The van der Waals surface area contributed by atoms with Crippen molar-refractivity contribution < 1.29 is 9.59 Å². The summed E-state index contributed by atoms with van der Waals surface area (Å²) in [6.07, 6.45) is 4.54. The molecule has 4 rings (SSSR count). The van der Waals surface area contributed by atoms with Gasteiger partial charge < -0.3 is 10.2 Å². The normalized spacial score (nSPS) is 16.4. The van der Waals surface area contributed by atoms with E-state index in [2.05, 4.69) is 10.3 Å². The quantitative estimate of drug-likeness (QED) is 0.945. The fraction of sp³-hybridized carbons (Fsp3) is 0.316. The lowest BCUT2D eigenvalue weighted by Crippen LogP contribution is -2.36. The van der Waals surface area contributed by atoms with E-state index < -0.39 is 0 Å². The van der Waals surface area contributed by atoms with E-state index in [0.717, 1.165) is 37.1 Å². The van der Waals surface area contributed by atoms with Gasteiger partial charge in [-0.25, -0.2) is 0 Å². The Morgan fingerprint density at radius 1 is 1.12 bits per heavy atom. The Labute approximate surface area is 140 Å². The van der Waals surface area contributed by atoms with E-state index in [9.17, 15) is 9.59 Å². The van der Waals surface area contributed by atoms with Crippen molar-refractivity contribution in [2.75, 3.05) is 11.9 Å². The van der Waals surface area contributed by atoms with E-state index in [-0.39, 0.29) is 17.7 Å². The summed E-state index contributed by atoms with van der Waals surface area (Å²) in [6, 6.07) is 11.2. The summed E-state index contributed by atoms with van der Waals surface area (Å²) < 4.78 is 0. The molecule has 5 nitrogen and oxygen atoms in total. The summed E-state index contributed by atoms with van der Waals surface area (Å²) in [5, 5.41) is 2.88.